The van der Waals surface area contributed by atoms with E-state index < -0.39 is 16.1 Å². The Morgan fingerprint density at radius 2 is 2.00 bits per heavy atom. The Labute approximate surface area is 96.0 Å². The fourth-order valence-corrected chi connectivity index (χ4v) is 2.49. The zero-order valence-corrected chi connectivity index (χ0v) is 9.87. The second-order valence-electron chi connectivity index (χ2n) is 3.40. The number of hydrogen-bond donors (Lipinski definition) is 1. The van der Waals surface area contributed by atoms with Gasteiger partial charge >= 0.3 is 0 Å². The van der Waals surface area contributed by atoms with Crippen LogP contribution in [0.15, 0.2) is 35.2 Å². The average molecular weight is 238 g/mol. The average Bonchev–Trinajstić information content (AvgIpc) is 2.29. The molecule has 1 aromatic carbocycles. The molecule has 1 N–H and O–H groups in total. The maximum absolute atomic E-state index is 11.8. The van der Waals surface area contributed by atoms with Crippen molar-refractivity contribution < 1.29 is 8.42 Å². The molecule has 0 aliphatic carbocycles. The Bertz CT molecular complexity index is 463. The molecule has 0 heterocycles. The first-order valence-corrected chi connectivity index (χ1v) is 6.55. The van der Waals surface area contributed by atoms with Crippen LogP contribution in [0.3, 0.4) is 0 Å². The summed E-state index contributed by atoms with van der Waals surface area (Å²) in [5.74, 6) is 0. The summed E-state index contributed by atoms with van der Waals surface area (Å²) in [6.45, 7) is 1.90. The van der Waals surface area contributed by atoms with E-state index in [4.69, 9.17) is 5.26 Å². The fraction of sp³-hybridized carbons (Fsp3) is 0.364. The molecule has 0 aliphatic rings. The SMILES string of the molecule is CCCC(C#N)NS(=O)(=O)c1ccccc1. The van der Waals surface area contributed by atoms with Crippen LogP contribution in [0.25, 0.3) is 0 Å². The maximum Gasteiger partial charge on any atom is 0.241 e. The van der Waals surface area contributed by atoms with Crippen molar-refractivity contribution >= 4 is 10.0 Å². The molecule has 0 aromatic heterocycles. The standard InChI is InChI=1S/C11H14N2O2S/c1-2-6-10(9-12)13-16(14,15)11-7-4-3-5-8-11/h3-5,7-8,10,13H,2,6H2,1H3. The van der Waals surface area contributed by atoms with E-state index in [0.29, 0.717) is 6.42 Å². The lowest BCUT2D eigenvalue weighted by molar-refractivity contribution is 0.563. The van der Waals surface area contributed by atoms with Crippen molar-refractivity contribution in [2.45, 2.75) is 30.7 Å². The third kappa shape index (κ3) is 3.33. The molecule has 0 spiro atoms. The third-order valence-electron chi connectivity index (χ3n) is 2.08. The second kappa shape index (κ2) is 5.64. The second-order valence-corrected chi connectivity index (χ2v) is 5.12. The minimum Gasteiger partial charge on any atom is -0.207 e. The molecule has 16 heavy (non-hydrogen) atoms. The summed E-state index contributed by atoms with van der Waals surface area (Å²) < 4.78 is 26.0. The summed E-state index contributed by atoms with van der Waals surface area (Å²) in [4.78, 5) is 0.186. The molecule has 0 saturated heterocycles. The van der Waals surface area contributed by atoms with Gasteiger partial charge in [-0.1, -0.05) is 31.5 Å². The Hall–Kier alpha value is -1.38. The van der Waals surface area contributed by atoms with Gasteiger partial charge in [0.1, 0.15) is 6.04 Å². The van der Waals surface area contributed by atoms with Crippen LogP contribution >= 0.6 is 0 Å². The van der Waals surface area contributed by atoms with Gasteiger partial charge in [0, 0.05) is 0 Å². The van der Waals surface area contributed by atoms with Crippen LogP contribution in [0.4, 0.5) is 0 Å². The maximum atomic E-state index is 11.8. The predicted octanol–water partition coefficient (Wildman–Crippen LogP) is 1.66. The lowest BCUT2D eigenvalue weighted by Gasteiger charge is -2.10. The van der Waals surface area contributed by atoms with Gasteiger partial charge in [0.15, 0.2) is 0 Å². The van der Waals surface area contributed by atoms with Crippen LogP contribution in [-0.4, -0.2) is 14.5 Å². The van der Waals surface area contributed by atoms with E-state index in [2.05, 4.69) is 4.72 Å². The number of sulfonamides is 1. The van der Waals surface area contributed by atoms with E-state index in [1.54, 1.807) is 18.2 Å². The minimum atomic E-state index is -3.57. The van der Waals surface area contributed by atoms with Gasteiger partial charge in [-0.05, 0) is 18.6 Å². The predicted molar refractivity (Wildman–Crippen MR) is 61.1 cm³/mol. The highest BCUT2D eigenvalue weighted by molar-refractivity contribution is 7.89. The normalized spacial score (nSPS) is 13.0. The molecular formula is C11H14N2O2S. The number of nitrogens with zero attached hydrogens (tertiary/aromatic N) is 1. The zero-order valence-electron chi connectivity index (χ0n) is 9.05. The van der Waals surface area contributed by atoms with E-state index in [1.807, 2.05) is 13.0 Å². The molecule has 1 atom stereocenters. The van der Waals surface area contributed by atoms with Crippen molar-refractivity contribution in [3.8, 4) is 6.07 Å². The highest BCUT2D eigenvalue weighted by atomic mass is 32.2. The molecule has 1 rings (SSSR count). The van der Waals surface area contributed by atoms with Crippen molar-refractivity contribution in [3.05, 3.63) is 30.3 Å². The molecular weight excluding hydrogens is 224 g/mol. The van der Waals surface area contributed by atoms with Gasteiger partial charge < -0.3 is 0 Å². The van der Waals surface area contributed by atoms with Crippen molar-refractivity contribution in [1.82, 2.24) is 4.72 Å². The summed E-state index contributed by atoms with van der Waals surface area (Å²) in [6.07, 6.45) is 1.28. The topological polar surface area (TPSA) is 70.0 Å². The Balaban J connectivity index is 2.85. The summed E-state index contributed by atoms with van der Waals surface area (Å²) in [6, 6.07) is 9.33. The molecule has 4 nitrogen and oxygen atoms in total. The van der Waals surface area contributed by atoms with Crippen molar-refractivity contribution in [3.63, 3.8) is 0 Å². The number of hydrogen-bond acceptors (Lipinski definition) is 3. The molecule has 0 bridgehead atoms. The molecule has 1 unspecified atom stereocenters. The Morgan fingerprint density at radius 3 is 2.50 bits per heavy atom. The number of rotatable bonds is 5. The summed E-state index contributed by atoms with van der Waals surface area (Å²) in [5.41, 5.74) is 0. The lowest BCUT2D eigenvalue weighted by atomic mass is 10.2. The van der Waals surface area contributed by atoms with Crippen LogP contribution in [0, 0.1) is 11.3 Å². The fourth-order valence-electron chi connectivity index (χ4n) is 1.29. The van der Waals surface area contributed by atoms with Gasteiger partial charge in [-0.3, -0.25) is 0 Å². The van der Waals surface area contributed by atoms with E-state index in [-0.39, 0.29) is 4.90 Å². The molecule has 0 saturated carbocycles. The quantitative estimate of drug-likeness (QED) is 0.848. The largest absolute Gasteiger partial charge is 0.241 e. The number of benzene rings is 1. The molecule has 0 amide bonds. The van der Waals surface area contributed by atoms with Crippen molar-refractivity contribution in [2.24, 2.45) is 0 Å². The summed E-state index contributed by atoms with van der Waals surface area (Å²) in [7, 11) is -3.57. The first kappa shape index (κ1) is 12.7. The van der Waals surface area contributed by atoms with E-state index in [0.717, 1.165) is 6.42 Å². The van der Waals surface area contributed by atoms with E-state index in [9.17, 15) is 8.42 Å². The molecule has 0 radical (unpaired) electrons. The molecule has 0 fully saturated rings. The van der Waals surface area contributed by atoms with Crippen LogP contribution in [0.2, 0.25) is 0 Å². The smallest absolute Gasteiger partial charge is 0.207 e. The monoisotopic (exact) mass is 238 g/mol. The zero-order chi connectivity index (χ0) is 12.0. The van der Waals surface area contributed by atoms with Gasteiger partial charge in [-0.2, -0.15) is 9.98 Å². The van der Waals surface area contributed by atoms with E-state index >= 15 is 0 Å². The molecule has 86 valence electrons. The Morgan fingerprint density at radius 1 is 1.38 bits per heavy atom. The van der Waals surface area contributed by atoms with Crippen LogP contribution in [-0.2, 0) is 10.0 Å². The third-order valence-corrected chi connectivity index (χ3v) is 3.57. The van der Waals surface area contributed by atoms with Gasteiger partial charge in [0.05, 0.1) is 11.0 Å². The van der Waals surface area contributed by atoms with Crippen LogP contribution < -0.4 is 4.72 Å². The number of nitrogens with one attached hydrogen (secondary N) is 1. The van der Waals surface area contributed by atoms with Crippen molar-refractivity contribution in [2.75, 3.05) is 0 Å². The first-order valence-electron chi connectivity index (χ1n) is 5.07. The van der Waals surface area contributed by atoms with Gasteiger partial charge in [0.25, 0.3) is 0 Å². The minimum absolute atomic E-state index is 0.186. The Kier molecular flexibility index (Phi) is 4.47. The molecule has 5 heteroatoms. The number of nitriles is 1. The highest BCUT2D eigenvalue weighted by Crippen LogP contribution is 2.09. The first-order chi connectivity index (χ1) is 7.60. The van der Waals surface area contributed by atoms with Crippen LogP contribution in [0.5, 0.6) is 0 Å². The molecule has 1 aromatic rings. The highest BCUT2D eigenvalue weighted by Gasteiger charge is 2.18. The van der Waals surface area contributed by atoms with Crippen LogP contribution in [0.1, 0.15) is 19.8 Å². The molecule has 0 aliphatic heterocycles. The van der Waals surface area contributed by atoms with Gasteiger partial charge in [-0.25, -0.2) is 8.42 Å². The summed E-state index contributed by atoms with van der Waals surface area (Å²) >= 11 is 0. The van der Waals surface area contributed by atoms with E-state index in [1.165, 1.54) is 12.1 Å². The van der Waals surface area contributed by atoms with Gasteiger partial charge in [-0.15, -0.1) is 0 Å². The van der Waals surface area contributed by atoms with Gasteiger partial charge in [0.2, 0.25) is 10.0 Å². The summed E-state index contributed by atoms with van der Waals surface area (Å²) in [5, 5.41) is 8.79. The lowest BCUT2D eigenvalue weighted by Crippen LogP contribution is -2.33. The van der Waals surface area contributed by atoms with Crippen molar-refractivity contribution in [1.29, 1.82) is 5.26 Å².